The number of nitrogen functional groups attached to an aromatic ring is 1. The fourth-order valence-electron chi connectivity index (χ4n) is 1.92. The minimum Gasteiger partial charge on any atom is -0.397 e. The Morgan fingerprint density at radius 3 is 2.61 bits per heavy atom. The van der Waals surface area contributed by atoms with Crippen LogP contribution in [0.1, 0.15) is 0 Å². The summed E-state index contributed by atoms with van der Waals surface area (Å²) in [5, 5.41) is 0. The van der Waals surface area contributed by atoms with E-state index in [1.54, 1.807) is 12.1 Å². The van der Waals surface area contributed by atoms with E-state index < -0.39 is 0 Å². The van der Waals surface area contributed by atoms with Crippen LogP contribution in [0.15, 0.2) is 47.2 Å². The lowest BCUT2D eigenvalue weighted by atomic mass is 10.2. The van der Waals surface area contributed by atoms with Crippen LogP contribution in [0.25, 0.3) is 16.9 Å². The van der Waals surface area contributed by atoms with Crippen LogP contribution in [0.4, 0.5) is 10.1 Å². The number of nitrogens with zero attached hydrogens (tertiary/aromatic N) is 2. The van der Waals surface area contributed by atoms with Gasteiger partial charge in [-0.15, -0.1) is 0 Å². The van der Waals surface area contributed by atoms with Crippen molar-refractivity contribution in [2.45, 2.75) is 0 Å². The van der Waals surface area contributed by atoms with E-state index in [9.17, 15) is 4.39 Å². The number of imidazole rings is 1. The van der Waals surface area contributed by atoms with Crippen LogP contribution in [0.2, 0.25) is 0 Å². The monoisotopic (exact) mass is 305 g/mol. The Morgan fingerprint density at radius 1 is 1.17 bits per heavy atom. The highest BCUT2D eigenvalue weighted by Gasteiger charge is 2.12. The molecular formula is C13H9BrFN3. The molecule has 0 fully saturated rings. The zero-order chi connectivity index (χ0) is 12.7. The molecule has 3 nitrogen and oxygen atoms in total. The zero-order valence-corrected chi connectivity index (χ0v) is 10.9. The molecule has 0 bridgehead atoms. The number of hydrogen-bond acceptors (Lipinski definition) is 2. The van der Waals surface area contributed by atoms with Gasteiger partial charge in [-0.3, -0.25) is 4.40 Å². The number of aromatic nitrogens is 2. The summed E-state index contributed by atoms with van der Waals surface area (Å²) >= 11 is 3.39. The fourth-order valence-corrected chi connectivity index (χ4v) is 2.51. The van der Waals surface area contributed by atoms with Gasteiger partial charge in [0, 0.05) is 11.8 Å². The Kier molecular flexibility index (Phi) is 2.56. The fraction of sp³-hybridized carbons (Fsp3) is 0. The molecule has 1 aromatic carbocycles. The molecule has 0 spiro atoms. The Morgan fingerprint density at radius 2 is 1.89 bits per heavy atom. The molecule has 0 aliphatic carbocycles. The summed E-state index contributed by atoms with van der Waals surface area (Å²) in [6.45, 7) is 0. The summed E-state index contributed by atoms with van der Waals surface area (Å²) in [6.07, 6.45) is 1.88. The smallest absolute Gasteiger partial charge is 0.145 e. The quantitative estimate of drug-likeness (QED) is 0.748. The summed E-state index contributed by atoms with van der Waals surface area (Å²) in [5.41, 5.74) is 8.22. The molecule has 0 unspecified atom stereocenters. The number of benzene rings is 1. The van der Waals surface area contributed by atoms with Crippen molar-refractivity contribution in [3.8, 4) is 11.4 Å². The first kappa shape index (κ1) is 11.2. The minimum atomic E-state index is -0.266. The van der Waals surface area contributed by atoms with Gasteiger partial charge in [-0.25, -0.2) is 9.37 Å². The van der Waals surface area contributed by atoms with Gasteiger partial charge >= 0.3 is 0 Å². The maximum absolute atomic E-state index is 12.9. The summed E-state index contributed by atoms with van der Waals surface area (Å²) in [5.74, 6) is 0.461. The first-order valence-corrected chi connectivity index (χ1v) is 6.14. The molecule has 0 saturated carbocycles. The third kappa shape index (κ3) is 1.67. The van der Waals surface area contributed by atoms with Crippen LogP contribution in [0.3, 0.4) is 0 Å². The molecule has 18 heavy (non-hydrogen) atoms. The second-order valence-corrected chi connectivity index (χ2v) is 4.67. The lowest BCUT2D eigenvalue weighted by Crippen LogP contribution is -1.93. The molecule has 0 amide bonds. The topological polar surface area (TPSA) is 43.3 Å². The number of nitrogens with two attached hydrogens (primary N) is 1. The van der Waals surface area contributed by atoms with Crippen LogP contribution in [-0.2, 0) is 0 Å². The largest absolute Gasteiger partial charge is 0.397 e. The second-order valence-electron chi connectivity index (χ2n) is 3.92. The highest BCUT2D eigenvalue weighted by molar-refractivity contribution is 9.10. The molecule has 5 heteroatoms. The Balaban J connectivity index is 2.30. The van der Waals surface area contributed by atoms with Crippen LogP contribution in [-0.4, -0.2) is 9.38 Å². The molecule has 0 aliphatic heterocycles. The van der Waals surface area contributed by atoms with Gasteiger partial charge in [0.1, 0.15) is 21.8 Å². The number of pyridine rings is 1. The maximum Gasteiger partial charge on any atom is 0.145 e. The van der Waals surface area contributed by atoms with Gasteiger partial charge in [-0.1, -0.05) is 0 Å². The van der Waals surface area contributed by atoms with Crippen molar-refractivity contribution in [3.05, 3.63) is 53.0 Å². The van der Waals surface area contributed by atoms with Gasteiger partial charge in [0.05, 0.1) is 5.69 Å². The van der Waals surface area contributed by atoms with Crippen LogP contribution < -0.4 is 5.73 Å². The maximum atomic E-state index is 12.9. The third-order valence-electron chi connectivity index (χ3n) is 2.76. The van der Waals surface area contributed by atoms with Crippen molar-refractivity contribution in [3.63, 3.8) is 0 Å². The summed E-state index contributed by atoms with van der Waals surface area (Å²) in [4.78, 5) is 4.43. The summed E-state index contributed by atoms with van der Waals surface area (Å²) in [6, 6.07) is 9.88. The van der Waals surface area contributed by atoms with E-state index in [-0.39, 0.29) is 5.82 Å². The predicted molar refractivity (Wildman–Crippen MR) is 72.7 cm³/mol. The van der Waals surface area contributed by atoms with Crippen molar-refractivity contribution >= 4 is 27.1 Å². The predicted octanol–water partition coefficient (Wildman–Crippen LogP) is 3.49. The average Bonchev–Trinajstić information content (AvgIpc) is 2.69. The lowest BCUT2D eigenvalue weighted by Gasteiger charge is -2.02. The van der Waals surface area contributed by atoms with E-state index in [0.29, 0.717) is 10.3 Å². The highest BCUT2D eigenvalue weighted by Crippen LogP contribution is 2.29. The Labute approximate surface area is 111 Å². The van der Waals surface area contributed by atoms with Crippen molar-refractivity contribution in [2.24, 2.45) is 0 Å². The van der Waals surface area contributed by atoms with E-state index in [0.717, 1.165) is 16.9 Å². The first-order valence-electron chi connectivity index (χ1n) is 5.35. The van der Waals surface area contributed by atoms with Crippen molar-refractivity contribution in [1.82, 2.24) is 9.38 Å². The summed E-state index contributed by atoms with van der Waals surface area (Å²) in [7, 11) is 0. The number of hydrogen-bond donors (Lipinski definition) is 1. The number of anilines is 1. The van der Waals surface area contributed by atoms with Gasteiger partial charge in [0.25, 0.3) is 0 Å². The molecule has 0 atom stereocenters. The molecular weight excluding hydrogens is 297 g/mol. The number of halogens is 2. The average molecular weight is 306 g/mol. The molecule has 3 aromatic rings. The standard InChI is InChI=1S/C13H9BrFN3/c14-12-11-10(16)2-1-7-18(11)13(17-12)8-3-5-9(15)6-4-8/h1-7H,16H2. The number of fused-ring (bicyclic) bond motifs is 1. The normalized spacial score (nSPS) is 11.0. The molecule has 3 rings (SSSR count). The molecule has 0 radical (unpaired) electrons. The second kappa shape index (κ2) is 4.10. The SMILES string of the molecule is Nc1cccn2c(-c3ccc(F)cc3)nc(Br)c12. The zero-order valence-electron chi connectivity index (χ0n) is 9.27. The minimum absolute atomic E-state index is 0.266. The summed E-state index contributed by atoms with van der Waals surface area (Å²) < 4.78 is 15.5. The van der Waals surface area contributed by atoms with Crippen molar-refractivity contribution < 1.29 is 4.39 Å². The van der Waals surface area contributed by atoms with Crippen LogP contribution >= 0.6 is 15.9 Å². The van der Waals surface area contributed by atoms with Gasteiger partial charge < -0.3 is 5.73 Å². The molecule has 0 saturated heterocycles. The third-order valence-corrected chi connectivity index (χ3v) is 3.31. The Bertz CT molecular complexity index is 719. The molecule has 2 aromatic heterocycles. The van der Waals surface area contributed by atoms with Gasteiger partial charge in [0.15, 0.2) is 0 Å². The van der Waals surface area contributed by atoms with Crippen LogP contribution in [0, 0.1) is 5.82 Å². The molecule has 0 aliphatic rings. The van der Waals surface area contributed by atoms with E-state index in [2.05, 4.69) is 20.9 Å². The molecule has 2 N–H and O–H groups in total. The van der Waals surface area contributed by atoms with Crippen LogP contribution in [0.5, 0.6) is 0 Å². The van der Waals surface area contributed by atoms with Crippen molar-refractivity contribution in [2.75, 3.05) is 5.73 Å². The molecule has 2 heterocycles. The highest BCUT2D eigenvalue weighted by atomic mass is 79.9. The van der Waals surface area contributed by atoms with Gasteiger partial charge in [-0.05, 0) is 52.3 Å². The van der Waals surface area contributed by atoms with E-state index in [4.69, 9.17) is 5.73 Å². The first-order chi connectivity index (χ1) is 8.66. The van der Waals surface area contributed by atoms with Gasteiger partial charge in [0.2, 0.25) is 0 Å². The van der Waals surface area contributed by atoms with Crippen molar-refractivity contribution in [1.29, 1.82) is 0 Å². The lowest BCUT2D eigenvalue weighted by molar-refractivity contribution is 0.628. The van der Waals surface area contributed by atoms with Gasteiger partial charge in [-0.2, -0.15) is 0 Å². The van der Waals surface area contributed by atoms with E-state index in [1.807, 2.05) is 22.7 Å². The van der Waals surface area contributed by atoms with E-state index >= 15 is 0 Å². The Hall–Kier alpha value is -1.88. The molecule has 90 valence electrons. The van der Waals surface area contributed by atoms with E-state index in [1.165, 1.54) is 12.1 Å². The number of rotatable bonds is 1.